The van der Waals surface area contributed by atoms with Crippen molar-refractivity contribution in [2.45, 2.75) is 66.5 Å². The lowest BCUT2D eigenvalue weighted by Gasteiger charge is -2.33. The lowest BCUT2D eigenvalue weighted by Crippen LogP contribution is -2.45. The molecule has 0 bridgehead atoms. The molecular weight excluding hydrogens is 418 g/mol. The first-order valence-corrected chi connectivity index (χ1v) is 11.3. The van der Waals surface area contributed by atoms with Crippen LogP contribution in [0.1, 0.15) is 59.4 Å². The van der Waals surface area contributed by atoms with Crippen molar-refractivity contribution < 1.29 is 14.4 Å². The van der Waals surface area contributed by atoms with E-state index < -0.39 is 6.04 Å². The second kappa shape index (κ2) is 13.8. The molecule has 0 aliphatic carbocycles. The number of terminal acetylenes is 1. The predicted molar refractivity (Wildman–Crippen MR) is 131 cm³/mol. The predicted octanol–water partition coefficient (Wildman–Crippen LogP) is 3.40. The second-order valence-corrected chi connectivity index (χ2v) is 7.17. The number of amides is 3. The maximum atomic E-state index is 12.7. The van der Waals surface area contributed by atoms with Crippen molar-refractivity contribution in [3.63, 3.8) is 0 Å². The Balaban J connectivity index is 0.000000820. The largest absolute Gasteiger partial charge is 0.355 e. The Kier molecular flexibility index (Phi) is 11.6. The summed E-state index contributed by atoms with van der Waals surface area (Å²) in [5.74, 6) is 1.99. The van der Waals surface area contributed by atoms with Crippen LogP contribution in [0.4, 0.5) is 5.82 Å². The smallest absolute Gasteiger partial charge is 0.277 e. The maximum Gasteiger partial charge on any atom is 0.277 e. The lowest BCUT2D eigenvalue weighted by atomic mass is 10.0. The first-order valence-electron chi connectivity index (χ1n) is 11.3. The third-order valence-electron chi connectivity index (χ3n) is 5.05. The van der Waals surface area contributed by atoms with Crippen LogP contribution in [-0.2, 0) is 20.9 Å². The number of carbonyl (C=O) groups is 3. The van der Waals surface area contributed by atoms with E-state index in [0.29, 0.717) is 36.6 Å². The number of rotatable bonds is 5. The molecule has 1 atom stereocenters. The molecule has 0 saturated heterocycles. The molecule has 0 saturated carbocycles. The number of imide groups is 1. The molecular formula is C25H35N5O3. The number of carbonyl (C=O) groups excluding carboxylic acids is 3. The van der Waals surface area contributed by atoms with Gasteiger partial charge in [-0.1, -0.05) is 26.8 Å². The number of nitrogens with zero attached hydrogens (tertiary/aromatic N) is 4. The molecule has 8 nitrogen and oxygen atoms in total. The van der Waals surface area contributed by atoms with Crippen LogP contribution < -0.4 is 5.32 Å². The normalized spacial score (nSPS) is 15.8. The Hall–Kier alpha value is -3.47. The summed E-state index contributed by atoms with van der Waals surface area (Å²) >= 11 is 0. The van der Waals surface area contributed by atoms with Gasteiger partial charge in [0.1, 0.15) is 17.6 Å². The van der Waals surface area contributed by atoms with E-state index in [-0.39, 0.29) is 17.7 Å². The molecule has 3 heterocycles. The molecule has 8 heteroatoms. The van der Waals surface area contributed by atoms with Gasteiger partial charge in [0, 0.05) is 31.8 Å². The second-order valence-electron chi connectivity index (χ2n) is 7.17. The Morgan fingerprint density at radius 1 is 1.33 bits per heavy atom. The van der Waals surface area contributed by atoms with Crippen molar-refractivity contribution in [3.05, 3.63) is 35.2 Å². The molecule has 0 spiro atoms. The summed E-state index contributed by atoms with van der Waals surface area (Å²) in [5.41, 5.74) is 1.81. The third kappa shape index (κ3) is 7.01. The topological polar surface area (TPSA) is 95.0 Å². The zero-order valence-corrected chi connectivity index (χ0v) is 20.5. The fourth-order valence-corrected chi connectivity index (χ4v) is 3.29. The van der Waals surface area contributed by atoms with Crippen LogP contribution in [-0.4, -0.2) is 58.4 Å². The van der Waals surface area contributed by atoms with Crippen LogP contribution in [0.5, 0.6) is 0 Å². The lowest BCUT2D eigenvalue weighted by molar-refractivity contribution is -0.136. The SMILES string of the molecule is C#CCC.CC.CC=NCc1ccc(NC(=O)C(C)N2CCCC3=C2C(=O)N(C)C3=O)nc1. The van der Waals surface area contributed by atoms with E-state index in [9.17, 15) is 14.4 Å². The number of aliphatic imine (C=N–C) groups is 1. The molecule has 33 heavy (non-hydrogen) atoms. The molecule has 0 fully saturated rings. The Labute approximate surface area is 197 Å². The van der Waals surface area contributed by atoms with Crippen LogP contribution in [0.25, 0.3) is 0 Å². The molecule has 1 aromatic heterocycles. The van der Waals surface area contributed by atoms with E-state index in [1.807, 2.05) is 33.8 Å². The minimum Gasteiger partial charge on any atom is -0.355 e. The summed E-state index contributed by atoms with van der Waals surface area (Å²) in [6.45, 7) is 10.6. The molecule has 0 aromatic carbocycles. The fraction of sp³-hybridized carbons (Fsp3) is 0.480. The van der Waals surface area contributed by atoms with Gasteiger partial charge in [0.05, 0.1) is 6.54 Å². The van der Waals surface area contributed by atoms with Crippen LogP contribution in [0.15, 0.2) is 34.6 Å². The summed E-state index contributed by atoms with van der Waals surface area (Å²) < 4.78 is 0. The van der Waals surface area contributed by atoms with E-state index in [4.69, 9.17) is 6.42 Å². The van der Waals surface area contributed by atoms with Crippen LogP contribution in [0, 0.1) is 12.3 Å². The molecule has 2 aliphatic rings. The monoisotopic (exact) mass is 453 g/mol. The molecule has 3 amide bonds. The first-order chi connectivity index (χ1) is 15.8. The molecule has 1 unspecified atom stereocenters. The van der Waals surface area contributed by atoms with E-state index in [1.54, 1.807) is 30.3 Å². The fourth-order valence-electron chi connectivity index (χ4n) is 3.29. The van der Waals surface area contributed by atoms with Crippen LogP contribution in [0.3, 0.4) is 0 Å². The van der Waals surface area contributed by atoms with Gasteiger partial charge in [0.15, 0.2) is 0 Å². The average molecular weight is 454 g/mol. The van der Waals surface area contributed by atoms with Crippen LogP contribution in [0.2, 0.25) is 0 Å². The standard InChI is InChI=1S/C19H23N5O3.C4H6.C2H6/c1-4-20-10-13-7-8-15(21-11-13)22-17(25)12(2)24-9-5-6-14-16(24)19(27)23(3)18(14)26;1-3-4-2;1-2/h4,7-8,11-12H,5-6,9-10H2,1-3H3,(H,21,22,25);1H,4H2,2H3;1-2H3. The molecule has 178 valence electrons. The highest BCUT2D eigenvalue weighted by atomic mass is 16.2. The molecule has 3 rings (SSSR count). The zero-order chi connectivity index (χ0) is 25.0. The Morgan fingerprint density at radius 3 is 2.55 bits per heavy atom. The Morgan fingerprint density at radius 2 is 2.00 bits per heavy atom. The summed E-state index contributed by atoms with van der Waals surface area (Å²) in [5, 5.41) is 2.78. The van der Waals surface area contributed by atoms with Crippen molar-refractivity contribution >= 4 is 29.8 Å². The number of nitrogens with one attached hydrogen (secondary N) is 1. The third-order valence-corrected chi connectivity index (χ3v) is 5.05. The summed E-state index contributed by atoms with van der Waals surface area (Å²) in [7, 11) is 1.47. The number of aromatic nitrogens is 1. The summed E-state index contributed by atoms with van der Waals surface area (Å²) in [4.78, 5) is 48.5. The highest BCUT2D eigenvalue weighted by molar-refractivity contribution is 6.19. The van der Waals surface area contributed by atoms with Gasteiger partial charge in [-0.25, -0.2) is 4.98 Å². The van der Waals surface area contributed by atoms with Gasteiger partial charge in [0.2, 0.25) is 5.91 Å². The van der Waals surface area contributed by atoms with Gasteiger partial charge in [-0.15, -0.1) is 12.3 Å². The van der Waals surface area contributed by atoms with Crippen molar-refractivity contribution in [1.29, 1.82) is 0 Å². The zero-order valence-electron chi connectivity index (χ0n) is 20.5. The van der Waals surface area contributed by atoms with Crippen molar-refractivity contribution in [2.75, 3.05) is 18.9 Å². The number of hydrogen-bond donors (Lipinski definition) is 1. The number of hydrogen-bond acceptors (Lipinski definition) is 6. The van der Waals surface area contributed by atoms with Crippen molar-refractivity contribution in [3.8, 4) is 12.3 Å². The Bertz CT molecular complexity index is 928. The number of pyridine rings is 1. The molecule has 2 aliphatic heterocycles. The minimum absolute atomic E-state index is 0.265. The maximum absolute atomic E-state index is 12.7. The average Bonchev–Trinajstić information content (AvgIpc) is 3.08. The first kappa shape index (κ1) is 27.6. The molecule has 1 N–H and O–H groups in total. The van der Waals surface area contributed by atoms with E-state index in [0.717, 1.165) is 23.3 Å². The van der Waals surface area contributed by atoms with Gasteiger partial charge in [-0.05, 0) is 44.5 Å². The van der Waals surface area contributed by atoms with E-state index >= 15 is 0 Å². The van der Waals surface area contributed by atoms with Crippen molar-refractivity contribution in [1.82, 2.24) is 14.8 Å². The van der Waals surface area contributed by atoms with Gasteiger partial charge in [-0.2, -0.15) is 0 Å². The molecule has 1 aromatic rings. The van der Waals surface area contributed by atoms with Gasteiger partial charge < -0.3 is 10.2 Å². The summed E-state index contributed by atoms with van der Waals surface area (Å²) in [6, 6.07) is 2.99. The quantitative estimate of drug-likeness (QED) is 0.419. The summed E-state index contributed by atoms with van der Waals surface area (Å²) in [6.07, 6.45) is 10.3. The van der Waals surface area contributed by atoms with E-state index in [2.05, 4.69) is 21.2 Å². The van der Waals surface area contributed by atoms with E-state index in [1.165, 1.54) is 7.05 Å². The number of likely N-dealkylation sites (N-methyl/N-ethyl adjacent to an activating group) is 1. The highest BCUT2D eigenvalue weighted by Gasteiger charge is 2.42. The number of anilines is 1. The van der Waals surface area contributed by atoms with Crippen molar-refractivity contribution in [2.24, 2.45) is 4.99 Å². The van der Waals surface area contributed by atoms with Gasteiger partial charge in [-0.3, -0.25) is 24.3 Å². The van der Waals surface area contributed by atoms with Gasteiger partial charge >= 0.3 is 0 Å². The van der Waals surface area contributed by atoms with Crippen LogP contribution >= 0.6 is 0 Å². The van der Waals surface area contributed by atoms with Gasteiger partial charge in [0.25, 0.3) is 11.8 Å². The minimum atomic E-state index is -0.593. The highest BCUT2D eigenvalue weighted by Crippen LogP contribution is 2.32. The molecule has 0 radical (unpaired) electrons.